The molecule has 4 heteroatoms. The van der Waals surface area contributed by atoms with Crippen LogP contribution in [0.3, 0.4) is 0 Å². The van der Waals surface area contributed by atoms with Gasteiger partial charge < -0.3 is 0 Å². The Bertz CT molecular complexity index is 925. The highest BCUT2D eigenvalue weighted by molar-refractivity contribution is 5.46. The van der Waals surface area contributed by atoms with Crippen molar-refractivity contribution in [1.29, 1.82) is 0 Å². The van der Waals surface area contributed by atoms with Gasteiger partial charge in [-0.3, -0.25) is 14.1 Å². The van der Waals surface area contributed by atoms with E-state index in [4.69, 9.17) is 4.98 Å². The zero-order valence-corrected chi connectivity index (χ0v) is 14.6. The summed E-state index contributed by atoms with van der Waals surface area (Å²) >= 11 is 0. The smallest absolute Gasteiger partial charge is 0.258 e. The van der Waals surface area contributed by atoms with E-state index < -0.39 is 0 Å². The molecule has 4 rings (SSSR count). The molecule has 128 valence electrons. The van der Waals surface area contributed by atoms with Gasteiger partial charge in [0.1, 0.15) is 5.65 Å². The number of pyridine rings is 1. The van der Waals surface area contributed by atoms with E-state index in [1.807, 2.05) is 19.1 Å². The number of aromatic nitrogens is 2. The van der Waals surface area contributed by atoms with Crippen molar-refractivity contribution in [2.75, 3.05) is 13.1 Å². The average molecular weight is 333 g/mol. The molecule has 1 aliphatic rings. The first-order chi connectivity index (χ1) is 12.2. The number of likely N-dealkylation sites (tertiary alicyclic amines) is 1. The van der Waals surface area contributed by atoms with Crippen LogP contribution in [0.2, 0.25) is 0 Å². The summed E-state index contributed by atoms with van der Waals surface area (Å²) in [6.07, 6.45) is 4.11. The molecule has 1 aliphatic heterocycles. The van der Waals surface area contributed by atoms with Crippen LogP contribution in [0, 0.1) is 6.92 Å². The van der Waals surface area contributed by atoms with E-state index in [1.54, 1.807) is 16.7 Å². The summed E-state index contributed by atoms with van der Waals surface area (Å²) in [6.45, 7) is 4.85. The number of piperidine rings is 1. The summed E-state index contributed by atoms with van der Waals surface area (Å²) in [7, 11) is 0. The van der Waals surface area contributed by atoms with Gasteiger partial charge in [0.05, 0.1) is 5.69 Å². The van der Waals surface area contributed by atoms with E-state index >= 15 is 0 Å². The summed E-state index contributed by atoms with van der Waals surface area (Å²) in [6, 6.07) is 16.3. The second-order valence-electron chi connectivity index (χ2n) is 6.93. The van der Waals surface area contributed by atoms with Crippen molar-refractivity contribution in [2.45, 2.75) is 32.2 Å². The zero-order chi connectivity index (χ0) is 17.2. The SMILES string of the molecule is Cc1cccn2c(=O)cc(CN3CCC(c4ccccc4)CC3)nc12. The van der Waals surface area contributed by atoms with Crippen molar-refractivity contribution in [2.24, 2.45) is 0 Å². The van der Waals surface area contributed by atoms with E-state index in [0.29, 0.717) is 5.92 Å². The summed E-state index contributed by atoms with van der Waals surface area (Å²) in [5.74, 6) is 0.648. The molecule has 0 N–H and O–H groups in total. The molecule has 2 aromatic heterocycles. The molecule has 1 aromatic carbocycles. The highest BCUT2D eigenvalue weighted by atomic mass is 16.1. The molecule has 0 unspecified atom stereocenters. The molecule has 4 nitrogen and oxygen atoms in total. The summed E-state index contributed by atoms with van der Waals surface area (Å²) in [4.78, 5) is 19.5. The van der Waals surface area contributed by atoms with Gasteiger partial charge in [-0.15, -0.1) is 0 Å². The highest BCUT2D eigenvalue weighted by Gasteiger charge is 2.21. The number of fused-ring (bicyclic) bond motifs is 1. The van der Waals surface area contributed by atoms with Crippen molar-refractivity contribution < 1.29 is 0 Å². The maximum Gasteiger partial charge on any atom is 0.258 e. The minimum Gasteiger partial charge on any atom is -0.297 e. The van der Waals surface area contributed by atoms with Gasteiger partial charge in [0.2, 0.25) is 0 Å². The predicted octanol–water partition coefficient (Wildman–Crippen LogP) is 3.38. The summed E-state index contributed by atoms with van der Waals surface area (Å²) < 4.78 is 1.63. The van der Waals surface area contributed by atoms with Crippen LogP contribution in [0.15, 0.2) is 59.5 Å². The number of hydrogen-bond acceptors (Lipinski definition) is 3. The molecule has 25 heavy (non-hydrogen) atoms. The molecule has 0 amide bonds. The van der Waals surface area contributed by atoms with Gasteiger partial charge in [0.25, 0.3) is 5.56 Å². The standard InChI is InChI=1S/C21H23N3O/c1-16-6-5-11-24-20(25)14-19(22-21(16)24)15-23-12-9-18(10-13-23)17-7-3-2-4-8-17/h2-8,11,14,18H,9-10,12-13,15H2,1H3. The maximum absolute atomic E-state index is 12.3. The number of hydrogen-bond donors (Lipinski definition) is 0. The zero-order valence-electron chi connectivity index (χ0n) is 14.6. The molecule has 3 heterocycles. The third kappa shape index (κ3) is 3.35. The number of rotatable bonds is 3. The molecule has 0 aliphatic carbocycles. The lowest BCUT2D eigenvalue weighted by molar-refractivity contribution is 0.202. The predicted molar refractivity (Wildman–Crippen MR) is 99.9 cm³/mol. The average Bonchev–Trinajstić information content (AvgIpc) is 2.64. The normalized spacial score (nSPS) is 16.4. The molecule has 0 saturated carbocycles. The quantitative estimate of drug-likeness (QED) is 0.737. The Kier molecular flexibility index (Phi) is 4.36. The lowest BCUT2D eigenvalue weighted by Crippen LogP contribution is -2.33. The first-order valence-corrected chi connectivity index (χ1v) is 8.96. The van der Waals surface area contributed by atoms with Crippen LogP contribution in [0.4, 0.5) is 0 Å². The molecule has 0 atom stereocenters. The van der Waals surface area contributed by atoms with E-state index in [9.17, 15) is 4.79 Å². The third-order valence-corrected chi connectivity index (χ3v) is 5.18. The minimum absolute atomic E-state index is 0.00266. The van der Waals surface area contributed by atoms with Crippen molar-refractivity contribution in [3.63, 3.8) is 0 Å². The molecule has 3 aromatic rings. The van der Waals surface area contributed by atoms with Crippen LogP contribution >= 0.6 is 0 Å². The highest BCUT2D eigenvalue weighted by Crippen LogP contribution is 2.28. The molecule has 0 spiro atoms. The van der Waals surface area contributed by atoms with Crippen LogP contribution in [-0.2, 0) is 6.54 Å². The first kappa shape index (κ1) is 16.0. The van der Waals surface area contributed by atoms with Gasteiger partial charge in [0, 0.05) is 18.8 Å². The number of nitrogens with zero attached hydrogens (tertiary/aromatic N) is 3. The lowest BCUT2D eigenvalue weighted by atomic mass is 9.89. The Morgan fingerprint density at radius 1 is 1.08 bits per heavy atom. The molecule has 0 radical (unpaired) electrons. The van der Waals surface area contributed by atoms with Crippen molar-refractivity contribution >= 4 is 5.65 Å². The molecule has 1 saturated heterocycles. The van der Waals surface area contributed by atoms with E-state index in [1.165, 1.54) is 5.56 Å². The van der Waals surface area contributed by atoms with Crippen molar-refractivity contribution in [3.8, 4) is 0 Å². The minimum atomic E-state index is 0.00266. The van der Waals surface area contributed by atoms with Gasteiger partial charge >= 0.3 is 0 Å². The maximum atomic E-state index is 12.3. The van der Waals surface area contributed by atoms with Gasteiger partial charge in [0.15, 0.2) is 0 Å². The Balaban J connectivity index is 1.48. The van der Waals surface area contributed by atoms with Crippen LogP contribution in [0.25, 0.3) is 5.65 Å². The molecule has 0 bridgehead atoms. The van der Waals surface area contributed by atoms with Crippen LogP contribution in [0.5, 0.6) is 0 Å². The Morgan fingerprint density at radius 3 is 2.60 bits per heavy atom. The Morgan fingerprint density at radius 2 is 1.84 bits per heavy atom. The van der Waals surface area contributed by atoms with Gasteiger partial charge in [-0.05, 0) is 56.0 Å². The van der Waals surface area contributed by atoms with Crippen molar-refractivity contribution in [3.05, 3.63) is 81.9 Å². The Labute approximate surface area is 147 Å². The van der Waals surface area contributed by atoms with Crippen LogP contribution < -0.4 is 5.56 Å². The fourth-order valence-electron chi connectivity index (χ4n) is 3.77. The van der Waals surface area contributed by atoms with E-state index in [2.05, 4.69) is 35.2 Å². The van der Waals surface area contributed by atoms with Gasteiger partial charge in [-0.2, -0.15) is 0 Å². The second-order valence-corrected chi connectivity index (χ2v) is 6.93. The van der Waals surface area contributed by atoms with E-state index in [0.717, 1.165) is 49.4 Å². The monoisotopic (exact) mass is 333 g/mol. The van der Waals surface area contributed by atoms with Gasteiger partial charge in [-0.25, -0.2) is 4.98 Å². The molecular formula is C21H23N3O. The largest absolute Gasteiger partial charge is 0.297 e. The fourth-order valence-corrected chi connectivity index (χ4v) is 3.77. The van der Waals surface area contributed by atoms with Gasteiger partial charge in [-0.1, -0.05) is 36.4 Å². The fraction of sp³-hybridized carbons (Fsp3) is 0.333. The van der Waals surface area contributed by atoms with E-state index in [-0.39, 0.29) is 5.56 Å². The Hall–Kier alpha value is -2.46. The van der Waals surface area contributed by atoms with Crippen LogP contribution in [-0.4, -0.2) is 27.4 Å². The third-order valence-electron chi connectivity index (χ3n) is 5.18. The number of aryl methyl sites for hydroxylation is 1. The second kappa shape index (κ2) is 6.81. The van der Waals surface area contributed by atoms with Crippen molar-refractivity contribution in [1.82, 2.24) is 14.3 Å². The summed E-state index contributed by atoms with van der Waals surface area (Å²) in [5, 5.41) is 0. The number of benzene rings is 1. The topological polar surface area (TPSA) is 37.6 Å². The van der Waals surface area contributed by atoms with Crippen LogP contribution in [0.1, 0.15) is 35.6 Å². The lowest BCUT2D eigenvalue weighted by Gasteiger charge is -2.32. The summed E-state index contributed by atoms with van der Waals surface area (Å²) in [5.41, 5.74) is 4.12. The molecular weight excluding hydrogens is 310 g/mol. The molecule has 1 fully saturated rings. The first-order valence-electron chi connectivity index (χ1n) is 8.96.